The van der Waals surface area contributed by atoms with Crippen molar-refractivity contribution in [1.82, 2.24) is 10.2 Å². The van der Waals surface area contributed by atoms with Crippen molar-refractivity contribution >= 4 is 5.91 Å². The predicted octanol–water partition coefficient (Wildman–Crippen LogP) is 2.64. The molecule has 1 aromatic rings. The Bertz CT molecular complexity index is 480. The molecule has 21 heavy (non-hydrogen) atoms. The van der Waals surface area contributed by atoms with Crippen molar-refractivity contribution in [2.45, 2.75) is 33.1 Å². The summed E-state index contributed by atoms with van der Waals surface area (Å²) < 4.78 is 5.79. The highest BCUT2D eigenvalue weighted by atomic mass is 16.5. The molecule has 1 saturated heterocycles. The molecule has 4 heteroatoms. The first-order valence-electron chi connectivity index (χ1n) is 7.90. The Morgan fingerprint density at radius 1 is 1.33 bits per heavy atom. The lowest BCUT2D eigenvalue weighted by molar-refractivity contribution is 0.0735. The normalized spacial score (nSPS) is 15.3. The van der Waals surface area contributed by atoms with E-state index < -0.39 is 0 Å². The molecule has 0 bridgehead atoms. The lowest BCUT2D eigenvalue weighted by atomic mass is 9.99. The number of nitrogens with zero attached hydrogens (tertiary/aromatic N) is 1. The summed E-state index contributed by atoms with van der Waals surface area (Å²) in [4.78, 5) is 14.5. The molecule has 0 aromatic heterocycles. The number of carbonyl (C=O) groups excluding carboxylic acids is 1. The fourth-order valence-corrected chi connectivity index (χ4v) is 2.53. The number of hydrogen-bond donors (Lipinski definition) is 1. The van der Waals surface area contributed by atoms with E-state index in [9.17, 15) is 4.79 Å². The Hall–Kier alpha value is -1.55. The predicted molar refractivity (Wildman–Crippen MR) is 85.1 cm³/mol. The zero-order chi connectivity index (χ0) is 15.2. The minimum Gasteiger partial charge on any atom is -0.493 e. The van der Waals surface area contributed by atoms with E-state index in [1.807, 2.05) is 23.1 Å². The third-order valence-electron chi connectivity index (χ3n) is 3.74. The number of nitrogens with one attached hydrogen (secondary N) is 1. The molecule has 1 heterocycles. The van der Waals surface area contributed by atoms with E-state index in [0.29, 0.717) is 12.5 Å². The summed E-state index contributed by atoms with van der Waals surface area (Å²) in [5.74, 6) is 1.37. The van der Waals surface area contributed by atoms with Gasteiger partial charge < -0.3 is 15.0 Å². The SMILES string of the molecule is CCCOc1ccc(C(=O)N2CCNCC2)cc1C(C)C. The summed E-state index contributed by atoms with van der Waals surface area (Å²) in [5.41, 5.74) is 1.88. The highest BCUT2D eigenvalue weighted by molar-refractivity contribution is 5.94. The van der Waals surface area contributed by atoms with Gasteiger partial charge in [0.2, 0.25) is 0 Å². The molecule has 1 fully saturated rings. The Labute approximate surface area is 127 Å². The van der Waals surface area contributed by atoms with Gasteiger partial charge in [-0.2, -0.15) is 0 Å². The van der Waals surface area contributed by atoms with Crippen molar-refractivity contribution in [3.8, 4) is 5.75 Å². The second-order valence-corrected chi connectivity index (χ2v) is 5.80. The van der Waals surface area contributed by atoms with Crippen LogP contribution >= 0.6 is 0 Å². The van der Waals surface area contributed by atoms with Gasteiger partial charge in [0.05, 0.1) is 6.61 Å². The molecule has 2 rings (SSSR count). The lowest BCUT2D eigenvalue weighted by Gasteiger charge is -2.28. The molecule has 0 radical (unpaired) electrons. The summed E-state index contributed by atoms with van der Waals surface area (Å²) in [5, 5.41) is 3.27. The molecule has 1 N–H and O–H groups in total. The second kappa shape index (κ2) is 7.46. The third kappa shape index (κ3) is 3.97. The lowest BCUT2D eigenvalue weighted by Crippen LogP contribution is -2.46. The number of hydrogen-bond acceptors (Lipinski definition) is 3. The van der Waals surface area contributed by atoms with Crippen LogP contribution in [0.3, 0.4) is 0 Å². The van der Waals surface area contributed by atoms with Gasteiger partial charge in [-0.05, 0) is 36.1 Å². The number of ether oxygens (including phenoxy) is 1. The van der Waals surface area contributed by atoms with E-state index in [1.54, 1.807) is 0 Å². The van der Waals surface area contributed by atoms with Gasteiger partial charge in [0.1, 0.15) is 5.75 Å². The van der Waals surface area contributed by atoms with E-state index in [0.717, 1.165) is 49.5 Å². The van der Waals surface area contributed by atoms with E-state index in [-0.39, 0.29) is 5.91 Å². The Kier molecular flexibility index (Phi) is 5.62. The molecule has 1 aliphatic heterocycles. The van der Waals surface area contributed by atoms with Gasteiger partial charge in [-0.1, -0.05) is 20.8 Å². The molecular weight excluding hydrogens is 264 g/mol. The van der Waals surface area contributed by atoms with Crippen molar-refractivity contribution in [2.24, 2.45) is 0 Å². The van der Waals surface area contributed by atoms with Crippen molar-refractivity contribution in [3.05, 3.63) is 29.3 Å². The van der Waals surface area contributed by atoms with Gasteiger partial charge in [0, 0.05) is 31.7 Å². The van der Waals surface area contributed by atoms with Gasteiger partial charge in [-0.15, -0.1) is 0 Å². The fourth-order valence-electron chi connectivity index (χ4n) is 2.53. The van der Waals surface area contributed by atoms with Crippen molar-refractivity contribution < 1.29 is 9.53 Å². The monoisotopic (exact) mass is 290 g/mol. The standard InChI is InChI=1S/C17H26N2O2/c1-4-11-21-16-6-5-14(12-15(16)13(2)3)17(20)19-9-7-18-8-10-19/h5-6,12-13,18H,4,7-11H2,1-3H3. The van der Waals surface area contributed by atoms with Gasteiger partial charge in [-0.3, -0.25) is 4.79 Å². The number of carbonyl (C=O) groups is 1. The van der Waals surface area contributed by atoms with Crippen LogP contribution in [0.25, 0.3) is 0 Å². The van der Waals surface area contributed by atoms with Crippen LogP contribution in [0, 0.1) is 0 Å². The minimum absolute atomic E-state index is 0.125. The number of benzene rings is 1. The first kappa shape index (κ1) is 15.8. The molecule has 0 spiro atoms. The molecule has 0 unspecified atom stereocenters. The van der Waals surface area contributed by atoms with Crippen LogP contribution in [0.15, 0.2) is 18.2 Å². The zero-order valence-corrected chi connectivity index (χ0v) is 13.3. The first-order valence-corrected chi connectivity index (χ1v) is 7.90. The smallest absolute Gasteiger partial charge is 0.253 e. The molecular formula is C17H26N2O2. The zero-order valence-electron chi connectivity index (χ0n) is 13.3. The summed E-state index contributed by atoms with van der Waals surface area (Å²) in [7, 11) is 0. The molecule has 0 atom stereocenters. The highest BCUT2D eigenvalue weighted by Gasteiger charge is 2.19. The van der Waals surface area contributed by atoms with Crippen LogP contribution in [-0.4, -0.2) is 43.6 Å². The molecule has 4 nitrogen and oxygen atoms in total. The molecule has 0 aliphatic carbocycles. The molecule has 1 aliphatic rings. The second-order valence-electron chi connectivity index (χ2n) is 5.80. The van der Waals surface area contributed by atoms with E-state index in [1.165, 1.54) is 0 Å². The summed E-state index contributed by atoms with van der Waals surface area (Å²) in [6.45, 7) is 10.4. The van der Waals surface area contributed by atoms with Crippen LogP contribution in [0.1, 0.15) is 49.0 Å². The maximum Gasteiger partial charge on any atom is 0.253 e. The van der Waals surface area contributed by atoms with Crippen LogP contribution < -0.4 is 10.1 Å². The van der Waals surface area contributed by atoms with E-state index in [4.69, 9.17) is 4.74 Å². The van der Waals surface area contributed by atoms with Gasteiger partial charge in [0.25, 0.3) is 5.91 Å². The minimum atomic E-state index is 0.125. The molecule has 0 saturated carbocycles. The quantitative estimate of drug-likeness (QED) is 0.906. The van der Waals surface area contributed by atoms with Crippen LogP contribution in [0.5, 0.6) is 5.75 Å². The third-order valence-corrected chi connectivity index (χ3v) is 3.74. The number of piperazine rings is 1. The van der Waals surface area contributed by atoms with Crippen molar-refractivity contribution in [3.63, 3.8) is 0 Å². The number of rotatable bonds is 5. The maximum atomic E-state index is 12.6. The molecule has 116 valence electrons. The summed E-state index contributed by atoms with van der Waals surface area (Å²) in [6, 6.07) is 5.84. The Balaban J connectivity index is 2.20. The van der Waals surface area contributed by atoms with Crippen molar-refractivity contribution in [1.29, 1.82) is 0 Å². The maximum absolute atomic E-state index is 12.6. The van der Waals surface area contributed by atoms with Crippen LogP contribution in [0.4, 0.5) is 0 Å². The summed E-state index contributed by atoms with van der Waals surface area (Å²) in [6.07, 6.45) is 0.985. The van der Waals surface area contributed by atoms with Gasteiger partial charge in [0.15, 0.2) is 0 Å². The summed E-state index contributed by atoms with van der Waals surface area (Å²) >= 11 is 0. The first-order chi connectivity index (χ1) is 10.1. The van der Waals surface area contributed by atoms with E-state index >= 15 is 0 Å². The highest BCUT2D eigenvalue weighted by Crippen LogP contribution is 2.28. The van der Waals surface area contributed by atoms with Gasteiger partial charge >= 0.3 is 0 Å². The van der Waals surface area contributed by atoms with Crippen LogP contribution in [0.2, 0.25) is 0 Å². The topological polar surface area (TPSA) is 41.6 Å². The van der Waals surface area contributed by atoms with Crippen LogP contribution in [-0.2, 0) is 0 Å². The van der Waals surface area contributed by atoms with E-state index in [2.05, 4.69) is 26.1 Å². The van der Waals surface area contributed by atoms with Crippen molar-refractivity contribution in [2.75, 3.05) is 32.8 Å². The average molecular weight is 290 g/mol. The van der Waals surface area contributed by atoms with Gasteiger partial charge in [-0.25, -0.2) is 0 Å². The average Bonchev–Trinajstić information content (AvgIpc) is 2.52. The largest absolute Gasteiger partial charge is 0.493 e. The number of amides is 1. The Morgan fingerprint density at radius 3 is 2.67 bits per heavy atom. The molecule has 1 amide bonds. The Morgan fingerprint density at radius 2 is 2.05 bits per heavy atom. The fraction of sp³-hybridized carbons (Fsp3) is 0.588. The molecule has 1 aromatic carbocycles.